The Morgan fingerprint density at radius 3 is 2.77 bits per heavy atom. The molecule has 68 valence electrons. The molecule has 0 fully saturated rings. The lowest BCUT2D eigenvalue weighted by molar-refractivity contribution is 0.702. The van der Waals surface area contributed by atoms with Gasteiger partial charge in [-0.15, -0.1) is 0 Å². The van der Waals surface area contributed by atoms with Crippen LogP contribution in [0.3, 0.4) is 0 Å². The predicted molar refractivity (Wildman–Crippen MR) is 45.7 cm³/mol. The minimum absolute atomic E-state index is 0.209. The first-order valence-corrected chi connectivity index (χ1v) is 3.72. The van der Waals surface area contributed by atoms with Gasteiger partial charge in [0, 0.05) is 20.3 Å². The van der Waals surface area contributed by atoms with Crippen LogP contribution in [0.15, 0.2) is 15.8 Å². The number of aryl methyl sites for hydroxylation is 1. The van der Waals surface area contributed by atoms with Crippen molar-refractivity contribution in [3.05, 3.63) is 27.2 Å². The first-order chi connectivity index (χ1) is 6.09. The lowest BCUT2D eigenvalue weighted by Crippen LogP contribution is -2.28. The highest BCUT2D eigenvalue weighted by molar-refractivity contribution is 5.48. The van der Waals surface area contributed by atoms with E-state index in [0.29, 0.717) is 11.5 Å². The Balaban J connectivity index is 3.01. The van der Waals surface area contributed by atoms with Gasteiger partial charge in [-0.1, -0.05) is 0 Å². The van der Waals surface area contributed by atoms with Gasteiger partial charge in [-0.3, -0.25) is 4.57 Å². The van der Waals surface area contributed by atoms with Crippen LogP contribution in [-0.4, -0.2) is 19.1 Å². The van der Waals surface area contributed by atoms with Gasteiger partial charge >= 0.3 is 11.4 Å². The van der Waals surface area contributed by atoms with Crippen molar-refractivity contribution in [3.63, 3.8) is 0 Å². The lowest BCUT2D eigenvalue weighted by atomic mass is 10.4. The van der Waals surface area contributed by atoms with E-state index < -0.39 is 5.69 Å². The van der Waals surface area contributed by atoms with Gasteiger partial charge in [0.1, 0.15) is 5.69 Å². The maximum absolute atomic E-state index is 11.4. The molecule has 0 aromatic rings. The van der Waals surface area contributed by atoms with Crippen LogP contribution in [0.25, 0.3) is 11.5 Å². The summed E-state index contributed by atoms with van der Waals surface area (Å²) >= 11 is 0. The van der Waals surface area contributed by atoms with E-state index in [1.54, 1.807) is 20.3 Å². The van der Waals surface area contributed by atoms with Crippen molar-refractivity contribution in [2.45, 2.75) is 0 Å². The fraction of sp³-hybridized carbons (Fsp3) is 0.286. The molecule has 2 rings (SSSR count). The zero-order chi connectivity index (χ0) is 9.59. The molecule has 6 nitrogen and oxygen atoms in total. The molecule has 0 spiro atoms. The van der Waals surface area contributed by atoms with E-state index in [-0.39, 0.29) is 5.69 Å². The van der Waals surface area contributed by atoms with Crippen LogP contribution in [0.5, 0.6) is 0 Å². The second-order valence-corrected chi connectivity index (χ2v) is 2.86. The Bertz CT molecular complexity index is 533. The summed E-state index contributed by atoms with van der Waals surface area (Å²) in [5.74, 6) is 0.383. The second-order valence-electron chi connectivity index (χ2n) is 2.86. The molecule has 0 bridgehead atoms. The molecule has 0 aliphatic carbocycles. The summed E-state index contributed by atoms with van der Waals surface area (Å²) < 4.78 is 2.72. The maximum Gasteiger partial charge on any atom is 0.347 e. The maximum atomic E-state index is 11.4. The second kappa shape index (κ2) is 2.32. The van der Waals surface area contributed by atoms with Crippen molar-refractivity contribution in [2.24, 2.45) is 14.1 Å². The smallest absolute Gasteiger partial charge is 0.302 e. The van der Waals surface area contributed by atoms with Crippen LogP contribution < -0.4 is 11.4 Å². The number of hydrogen-bond acceptors (Lipinski definition) is 3. The van der Waals surface area contributed by atoms with Gasteiger partial charge in [-0.05, 0) is 0 Å². The third kappa shape index (κ3) is 0.986. The zero-order valence-electron chi connectivity index (χ0n) is 7.24. The van der Waals surface area contributed by atoms with Crippen molar-refractivity contribution in [1.29, 1.82) is 0 Å². The van der Waals surface area contributed by atoms with Gasteiger partial charge in [0.2, 0.25) is 0 Å². The summed E-state index contributed by atoms with van der Waals surface area (Å²) in [6.07, 6.45) is 1.55. The molecule has 0 aromatic heterocycles. The van der Waals surface area contributed by atoms with Gasteiger partial charge in [0.25, 0.3) is 0 Å². The number of fused-ring (bicyclic) bond motifs is 1. The molecule has 2 aliphatic rings. The highest BCUT2D eigenvalue weighted by Gasteiger charge is 2.12. The van der Waals surface area contributed by atoms with Crippen LogP contribution in [0, 0.1) is 0 Å². The zero-order valence-corrected chi connectivity index (χ0v) is 7.24. The van der Waals surface area contributed by atoms with E-state index in [1.807, 2.05) is 0 Å². The standard InChI is InChI=1S/C7H8N4O2/c1-10-3-4-5(9-6(12)8-4)11(2)7(10)13/h3H,1-2H3,(H,8,12). The fourth-order valence-electron chi connectivity index (χ4n) is 1.28. The Morgan fingerprint density at radius 1 is 1.38 bits per heavy atom. The number of nitrogens with one attached hydrogen (secondary N) is 1. The van der Waals surface area contributed by atoms with Gasteiger partial charge < -0.3 is 9.55 Å². The number of imidazole rings is 1. The van der Waals surface area contributed by atoms with E-state index in [9.17, 15) is 9.59 Å². The summed E-state index contributed by atoms with van der Waals surface area (Å²) in [5.41, 5.74) is -0.0789. The average Bonchev–Trinajstić information content (AvgIpc) is 2.42. The molecule has 0 atom stereocenters. The minimum Gasteiger partial charge on any atom is -0.302 e. The number of aromatic nitrogens is 4. The molecule has 0 amide bonds. The topological polar surface area (TPSA) is 72.7 Å². The molecule has 6 heteroatoms. The Morgan fingerprint density at radius 2 is 2.08 bits per heavy atom. The SMILES string of the molecule is Cn1cc2[nH]c(=O)nc-2n(C)c1=O. The summed E-state index contributed by atoms with van der Waals surface area (Å²) in [6, 6.07) is 0. The molecule has 0 radical (unpaired) electrons. The number of nitrogens with zero attached hydrogens (tertiary/aromatic N) is 3. The summed E-state index contributed by atoms with van der Waals surface area (Å²) in [5, 5.41) is 0. The fourth-order valence-corrected chi connectivity index (χ4v) is 1.28. The molecule has 1 N–H and O–H groups in total. The monoisotopic (exact) mass is 180 g/mol. The largest absolute Gasteiger partial charge is 0.347 e. The molecule has 2 heterocycles. The van der Waals surface area contributed by atoms with Crippen molar-refractivity contribution >= 4 is 0 Å². The van der Waals surface area contributed by atoms with E-state index in [0.717, 1.165) is 0 Å². The van der Waals surface area contributed by atoms with Crippen molar-refractivity contribution in [3.8, 4) is 11.5 Å². The summed E-state index contributed by atoms with van der Waals surface area (Å²) in [6.45, 7) is 0. The molecular weight excluding hydrogens is 172 g/mol. The first kappa shape index (κ1) is 7.78. The Labute approximate surface area is 72.8 Å². The van der Waals surface area contributed by atoms with Gasteiger partial charge in [0.05, 0.1) is 0 Å². The lowest BCUT2D eigenvalue weighted by Gasteiger charge is -2.05. The van der Waals surface area contributed by atoms with Crippen LogP contribution in [0.1, 0.15) is 0 Å². The highest BCUT2D eigenvalue weighted by Crippen LogP contribution is 2.08. The number of rotatable bonds is 0. The van der Waals surface area contributed by atoms with E-state index in [4.69, 9.17) is 0 Å². The highest BCUT2D eigenvalue weighted by atomic mass is 16.2. The molecule has 13 heavy (non-hydrogen) atoms. The van der Waals surface area contributed by atoms with Crippen LogP contribution in [0.2, 0.25) is 0 Å². The number of aromatic amines is 1. The molecular formula is C7H8N4O2. The van der Waals surface area contributed by atoms with E-state index >= 15 is 0 Å². The Hall–Kier alpha value is -1.85. The molecule has 2 aliphatic heterocycles. The first-order valence-electron chi connectivity index (χ1n) is 3.72. The summed E-state index contributed by atoms with van der Waals surface area (Å²) in [4.78, 5) is 28.4. The minimum atomic E-state index is -0.434. The van der Waals surface area contributed by atoms with E-state index in [1.165, 1.54) is 9.13 Å². The Kier molecular flexibility index (Phi) is 1.39. The van der Waals surface area contributed by atoms with Crippen LogP contribution in [0.4, 0.5) is 0 Å². The predicted octanol–water partition coefficient (Wildman–Crippen LogP) is -1.09. The molecule has 0 unspecified atom stereocenters. The van der Waals surface area contributed by atoms with Crippen molar-refractivity contribution < 1.29 is 0 Å². The van der Waals surface area contributed by atoms with Crippen molar-refractivity contribution in [1.82, 2.24) is 19.1 Å². The quantitative estimate of drug-likeness (QED) is 0.560. The molecule has 0 saturated heterocycles. The molecule has 0 saturated carbocycles. The van der Waals surface area contributed by atoms with Crippen molar-refractivity contribution in [2.75, 3.05) is 0 Å². The third-order valence-electron chi connectivity index (χ3n) is 1.92. The number of hydrogen-bond donors (Lipinski definition) is 1. The van der Waals surface area contributed by atoms with Crippen LogP contribution >= 0.6 is 0 Å². The van der Waals surface area contributed by atoms with Gasteiger partial charge in [0.15, 0.2) is 5.82 Å². The van der Waals surface area contributed by atoms with Gasteiger partial charge in [-0.25, -0.2) is 9.59 Å². The van der Waals surface area contributed by atoms with Gasteiger partial charge in [-0.2, -0.15) is 4.98 Å². The van der Waals surface area contributed by atoms with Crippen LogP contribution in [-0.2, 0) is 14.1 Å². The molecule has 0 aromatic carbocycles. The van der Waals surface area contributed by atoms with E-state index in [2.05, 4.69) is 9.97 Å². The normalized spacial score (nSPS) is 10.9. The number of H-pyrrole nitrogens is 1. The summed E-state index contributed by atoms with van der Waals surface area (Å²) in [7, 11) is 3.19. The average molecular weight is 180 g/mol. The third-order valence-corrected chi connectivity index (χ3v) is 1.92.